The van der Waals surface area contributed by atoms with Crippen LogP contribution in [0.5, 0.6) is 5.75 Å². The lowest BCUT2D eigenvalue weighted by molar-refractivity contribution is -0.121. The number of ether oxygens (including phenoxy) is 1. The highest BCUT2D eigenvalue weighted by Gasteiger charge is 2.24. The van der Waals surface area contributed by atoms with E-state index in [2.05, 4.69) is 35.0 Å². The molecule has 1 unspecified atom stereocenters. The topological polar surface area (TPSA) is 56.2 Å². The summed E-state index contributed by atoms with van der Waals surface area (Å²) in [5.74, 6) is 1.06. The van der Waals surface area contributed by atoms with Crippen LogP contribution in [0.3, 0.4) is 0 Å². The zero-order valence-electron chi connectivity index (χ0n) is 14.9. The largest absolute Gasteiger partial charge is 0.493 e. The first kappa shape index (κ1) is 16.2. The van der Waals surface area contributed by atoms with Crippen molar-refractivity contribution in [1.29, 1.82) is 0 Å². The first-order chi connectivity index (χ1) is 12.1. The second-order valence-electron chi connectivity index (χ2n) is 7.38. The number of nitrogens with zero attached hydrogens (tertiary/aromatic N) is 2. The van der Waals surface area contributed by atoms with E-state index in [1.54, 1.807) is 0 Å². The second-order valence-corrected chi connectivity index (χ2v) is 7.38. The van der Waals surface area contributed by atoms with Crippen molar-refractivity contribution in [2.24, 2.45) is 0 Å². The summed E-state index contributed by atoms with van der Waals surface area (Å²) in [5, 5.41) is 7.72. The lowest BCUT2D eigenvalue weighted by Gasteiger charge is -2.25. The highest BCUT2D eigenvalue weighted by Crippen LogP contribution is 2.26. The van der Waals surface area contributed by atoms with Crippen LogP contribution in [-0.4, -0.2) is 28.3 Å². The van der Waals surface area contributed by atoms with Crippen molar-refractivity contribution in [1.82, 2.24) is 15.1 Å². The van der Waals surface area contributed by atoms with Crippen molar-refractivity contribution in [3.63, 3.8) is 0 Å². The second kappa shape index (κ2) is 6.54. The normalized spacial score (nSPS) is 18.6. The van der Waals surface area contributed by atoms with Gasteiger partial charge in [-0.15, -0.1) is 0 Å². The first-order valence-corrected chi connectivity index (χ1v) is 9.19. The average Bonchev–Trinajstić information content (AvgIpc) is 3.20. The van der Waals surface area contributed by atoms with E-state index in [0.717, 1.165) is 43.6 Å². The minimum Gasteiger partial charge on any atom is -0.493 e. The Bertz CT molecular complexity index is 794. The molecule has 0 radical (unpaired) electrons. The van der Waals surface area contributed by atoms with Gasteiger partial charge >= 0.3 is 0 Å². The molecule has 2 heterocycles. The van der Waals surface area contributed by atoms with Gasteiger partial charge in [-0.25, -0.2) is 0 Å². The molecule has 5 nitrogen and oxygen atoms in total. The van der Waals surface area contributed by atoms with E-state index in [9.17, 15) is 4.79 Å². The van der Waals surface area contributed by atoms with Crippen molar-refractivity contribution in [3.8, 4) is 5.75 Å². The molecular formula is C20H25N3O2. The molecule has 1 aliphatic carbocycles. The molecule has 5 heteroatoms. The molecule has 4 rings (SSSR count). The molecule has 0 saturated heterocycles. The molecule has 2 aliphatic rings. The summed E-state index contributed by atoms with van der Waals surface area (Å²) in [6, 6.07) is 6.64. The number of carbonyl (C=O) groups is 1. The fourth-order valence-corrected chi connectivity index (χ4v) is 3.90. The number of nitrogens with one attached hydrogen (secondary N) is 1. The maximum absolute atomic E-state index is 12.5. The van der Waals surface area contributed by atoms with E-state index in [4.69, 9.17) is 4.74 Å². The number of amides is 1. The van der Waals surface area contributed by atoms with Gasteiger partial charge in [-0.1, -0.05) is 12.1 Å². The molecule has 0 bridgehead atoms. The quantitative estimate of drug-likeness (QED) is 0.931. The monoisotopic (exact) mass is 339 g/mol. The highest BCUT2D eigenvalue weighted by molar-refractivity contribution is 5.79. The Morgan fingerprint density at radius 2 is 2.24 bits per heavy atom. The summed E-state index contributed by atoms with van der Waals surface area (Å²) in [5.41, 5.74) is 4.89. The SMILES string of the molecule is CC(C)n1ncc2c1CC(NC(=O)Cc1ccc3c(c1)CCO3)CC2. The van der Waals surface area contributed by atoms with Crippen molar-refractivity contribution in [2.75, 3.05) is 6.61 Å². The molecule has 132 valence electrons. The minimum absolute atomic E-state index is 0.0999. The summed E-state index contributed by atoms with van der Waals surface area (Å²) in [7, 11) is 0. The Morgan fingerprint density at radius 3 is 3.08 bits per heavy atom. The summed E-state index contributed by atoms with van der Waals surface area (Å²) >= 11 is 0. The van der Waals surface area contributed by atoms with E-state index in [-0.39, 0.29) is 11.9 Å². The van der Waals surface area contributed by atoms with E-state index in [0.29, 0.717) is 12.5 Å². The number of hydrogen-bond acceptors (Lipinski definition) is 3. The molecule has 1 atom stereocenters. The number of fused-ring (bicyclic) bond motifs is 2. The molecule has 1 N–H and O–H groups in total. The highest BCUT2D eigenvalue weighted by atomic mass is 16.5. The average molecular weight is 339 g/mol. The third-order valence-corrected chi connectivity index (χ3v) is 5.16. The fraction of sp³-hybridized carbons (Fsp3) is 0.500. The van der Waals surface area contributed by atoms with Crippen molar-refractivity contribution in [3.05, 3.63) is 46.8 Å². The van der Waals surface area contributed by atoms with Crippen LogP contribution < -0.4 is 10.1 Å². The third-order valence-electron chi connectivity index (χ3n) is 5.16. The van der Waals surface area contributed by atoms with Gasteiger partial charge in [0.15, 0.2) is 0 Å². The Morgan fingerprint density at radius 1 is 1.36 bits per heavy atom. The molecule has 0 fully saturated rings. The van der Waals surface area contributed by atoms with Gasteiger partial charge in [-0.2, -0.15) is 5.10 Å². The molecule has 1 aliphatic heterocycles. The molecule has 0 saturated carbocycles. The Kier molecular flexibility index (Phi) is 4.24. The van der Waals surface area contributed by atoms with Gasteiger partial charge in [0.05, 0.1) is 19.2 Å². The Hall–Kier alpha value is -2.30. The summed E-state index contributed by atoms with van der Waals surface area (Å²) in [6.45, 7) is 5.04. The van der Waals surface area contributed by atoms with Crippen LogP contribution >= 0.6 is 0 Å². The standard InChI is InChI=1S/C20H25N3O2/c1-13(2)23-18-11-17(5-4-16(18)12-21-23)22-20(24)10-14-3-6-19-15(9-14)7-8-25-19/h3,6,9,12-13,17H,4-5,7-8,10-11H2,1-2H3,(H,22,24). The first-order valence-electron chi connectivity index (χ1n) is 9.19. The molecule has 1 aromatic heterocycles. The van der Waals surface area contributed by atoms with Crippen LogP contribution in [0.4, 0.5) is 0 Å². The van der Waals surface area contributed by atoms with Gasteiger partial charge in [0.1, 0.15) is 5.75 Å². The van der Waals surface area contributed by atoms with Crippen LogP contribution in [0.1, 0.15) is 48.7 Å². The number of aryl methyl sites for hydroxylation is 1. The van der Waals surface area contributed by atoms with Gasteiger partial charge < -0.3 is 10.1 Å². The third kappa shape index (κ3) is 3.28. The smallest absolute Gasteiger partial charge is 0.224 e. The number of hydrogen-bond donors (Lipinski definition) is 1. The van der Waals surface area contributed by atoms with Gasteiger partial charge in [0.2, 0.25) is 5.91 Å². The van der Waals surface area contributed by atoms with Crippen LogP contribution in [-0.2, 0) is 30.5 Å². The predicted molar refractivity (Wildman–Crippen MR) is 95.9 cm³/mol. The fourth-order valence-electron chi connectivity index (χ4n) is 3.90. The number of carbonyl (C=O) groups excluding carboxylic acids is 1. The van der Waals surface area contributed by atoms with E-state index in [1.807, 2.05) is 18.3 Å². The zero-order valence-corrected chi connectivity index (χ0v) is 14.9. The molecular weight excluding hydrogens is 314 g/mol. The molecule has 0 spiro atoms. The zero-order chi connectivity index (χ0) is 17.4. The van der Waals surface area contributed by atoms with Crippen LogP contribution in [0.25, 0.3) is 0 Å². The minimum atomic E-state index is 0.0999. The molecule has 25 heavy (non-hydrogen) atoms. The van der Waals surface area contributed by atoms with Crippen molar-refractivity contribution >= 4 is 5.91 Å². The summed E-state index contributed by atoms with van der Waals surface area (Å²) in [4.78, 5) is 12.5. The molecule has 2 aromatic rings. The number of benzene rings is 1. The van der Waals surface area contributed by atoms with Gasteiger partial charge in [0.25, 0.3) is 0 Å². The lowest BCUT2D eigenvalue weighted by Crippen LogP contribution is -2.40. The van der Waals surface area contributed by atoms with Crippen LogP contribution in [0.15, 0.2) is 24.4 Å². The molecule has 1 aromatic carbocycles. The van der Waals surface area contributed by atoms with Gasteiger partial charge in [-0.05, 0) is 49.4 Å². The summed E-state index contributed by atoms with van der Waals surface area (Å²) in [6.07, 6.45) is 6.20. The van der Waals surface area contributed by atoms with Crippen LogP contribution in [0, 0.1) is 0 Å². The van der Waals surface area contributed by atoms with Gasteiger partial charge in [0, 0.05) is 30.6 Å². The van der Waals surface area contributed by atoms with Gasteiger partial charge in [-0.3, -0.25) is 9.48 Å². The Balaban J connectivity index is 1.39. The van der Waals surface area contributed by atoms with Crippen LogP contribution in [0.2, 0.25) is 0 Å². The number of aromatic nitrogens is 2. The number of rotatable bonds is 4. The summed E-state index contributed by atoms with van der Waals surface area (Å²) < 4.78 is 7.62. The van der Waals surface area contributed by atoms with E-state index < -0.39 is 0 Å². The van der Waals surface area contributed by atoms with Crippen molar-refractivity contribution < 1.29 is 9.53 Å². The molecule has 1 amide bonds. The maximum atomic E-state index is 12.5. The van der Waals surface area contributed by atoms with E-state index in [1.165, 1.54) is 16.8 Å². The van der Waals surface area contributed by atoms with Crippen molar-refractivity contribution in [2.45, 2.75) is 58.0 Å². The Labute approximate surface area is 148 Å². The lowest BCUT2D eigenvalue weighted by atomic mass is 9.93. The predicted octanol–water partition coefficient (Wildman–Crippen LogP) is 2.62. The maximum Gasteiger partial charge on any atom is 0.224 e. The van der Waals surface area contributed by atoms with E-state index >= 15 is 0 Å².